The number of halogens is 1. The van der Waals surface area contributed by atoms with Gasteiger partial charge in [0, 0.05) is 27.9 Å². The van der Waals surface area contributed by atoms with Crippen molar-refractivity contribution < 1.29 is 38.5 Å². The highest BCUT2D eigenvalue weighted by Crippen LogP contribution is 2.33. The van der Waals surface area contributed by atoms with Crippen molar-refractivity contribution in [2.75, 3.05) is 12.4 Å². The number of anilines is 1. The first kappa shape index (κ1) is 36.1. The van der Waals surface area contributed by atoms with Crippen molar-refractivity contribution in [3.63, 3.8) is 0 Å². The van der Waals surface area contributed by atoms with Gasteiger partial charge in [0.1, 0.15) is 23.5 Å². The van der Waals surface area contributed by atoms with Crippen LogP contribution in [0.1, 0.15) is 63.0 Å². The minimum absolute atomic E-state index is 0.0533. The van der Waals surface area contributed by atoms with E-state index >= 15 is 0 Å². The van der Waals surface area contributed by atoms with Gasteiger partial charge in [-0.25, -0.2) is 14.4 Å². The number of methoxy groups -OCH3 is 1. The number of aromatic nitrogens is 1. The van der Waals surface area contributed by atoms with Gasteiger partial charge in [0.05, 0.1) is 30.5 Å². The Bertz CT molecular complexity index is 1760. The summed E-state index contributed by atoms with van der Waals surface area (Å²) in [4.78, 5) is 63.1. The zero-order valence-electron chi connectivity index (χ0n) is 26.6. The quantitative estimate of drug-likeness (QED) is 0.231. The molecule has 3 N–H and O–H groups in total. The number of ether oxygens (including phenoxy) is 3. The summed E-state index contributed by atoms with van der Waals surface area (Å²) >= 11 is 6.14. The number of amides is 2. The normalized spacial score (nSPS) is 12.9. The van der Waals surface area contributed by atoms with Crippen LogP contribution in [0.4, 0.5) is 10.5 Å². The maximum Gasteiger partial charge on any atom is 0.408 e. The third-order valence-corrected chi connectivity index (χ3v) is 7.01. The van der Waals surface area contributed by atoms with Gasteiger partial charge in [-0.3, -0.25) is 14.2 Å². The molecule has 0 saturated heterocycles. The van der Waals surface area contributed by atoms with Gasteiger partial charge in [-0.15, -0.1) is 0 Å². The van der Waals surface area contributed by atoms with E-state index in [-0.39, 0.29) is 23.3 Å². The number of nitriles is 1. The van der Waals surface area contributed by atoms with E-state index < -0.39 is 53.3 Å². The molecular formula is C33H35ClN4O9. The number of rotatable bonds is 11. The average molecular weight is 667 g/mol. The van der Waals surface area contributed by atoms with Gasteiger partial charge in [-0.1, -0.05) is 18.5 Å². The Kier molecular flexibility index (Phi) is 11.8. The van der Waals surface area contributed by atoms with Crippen LogP contribution in [-0.2, 0) is 19.1 Å². The number of carboxylic acid groups (broad SMARTS) is 1. The summed E-state index contributed by atoms with van der Waals surface area (Å²) in [7, 11) is 1.40. The molecule has 2 aromatic carbocycles. The fraction of sp³-hybridized carbons (Fsp3) is 0.333. The summed E-state index contributed by atoms with van der Waals surface area (Å²) in [5, 5.41) is 24.4. The molecule has 2 unspecified atom stereocenters. The number of hydrogen-bond acceptors (Lipinski definition) is 9. The first-order valence-electron chi connectivity index (χ1n) is 14.4. The molecule has 3 aromatic rings. The first-order chi connectivity index (χ1) is 22.1. The highest BCUT2D eigenvalue weighted by Gasteiger charge is 2.32. The Balaban J connectivity index is 1.75. The van der Waals surface area contributed by atoms with Gasteiger partial charge in [0.2, 0.25) is 5.91 Å². The molecule has 0 fully saturated rings. The van der Waals surface area contributed by atoms with Crippen LogP contribution in [0.25, 0.3) is 11.1 Å². The summed E-state index contributed by atoms with van der Waals surface area (Å²) in [6.45, 7) is 7.89. The van der Waals surface area contributed by atoms with E-state index in [9.17, 15) is 34.3 Å². The number of alkyl carbamates (subject to hydrolysis) is 1. The van der Waals surface area contributed by atoms with Crippen LogP contribution in [0.2, 0.25) is 5.02 Å². The van der Waals surface area contributed by atoms with E-state index in [0.717, 1.165) is 0 Å². The lowest BCUT2D eigenvalue weighted by Gasteiger charge is -2.25. The smallest absolute Gasteiger partial charge is 0.408 e. The van der Waals surface area contributed by atoms with Gasteiger partial charge < -0.3 is 30.0 Å². The molecule has 1 aromatic heterocycles. The van der Waals surface area contributed by atoms with Crippen LogP contribution in [0.15, 0.2) is 59.5 Å². The molecule has 47 heavy (non-hydrogen) atoms. The molecule has 13 nitrogen and oxygen atoms in total. The van der Waals surface area contributed by atoms with Crippen LogP contribution < -0.4 is 20.9 Å². The van der Waals surface area contributed by atoms with Crippen LogP contribution in [0.5, 0.6) is 5.75 Å². The predicted octanol–water partition coefficient (Wildman–Crippen LogP) is 5.16. The number of esters is 1. The molecule has 0 aliphatic rings. The Morgan fingerprint density at radius 1 is 1.06 bits per heavy atom. The summed E-state index contributed by atoms with van der Waals surface area (Å²) in [5.41, 5.74) is 0.0184. The number of carboxylic acids is 1. The molecule has 2 amide bonds. The van der Waals surface area contributed by atoms with Crippen LogP contribution in [0, 0.1) is 11.3 Å². The second kappa shape index (κ2) is 15.3. The monoisotopic (exact) mass is 666 g/mol. The van der Waals surface area contributed by atoms with Crippen molar-refractivity contribution in [2.45, 2.75) is 64.8 Å². The number of nitrogens with one attached hydrogen (secondary N) is 2. The molecule has 3 atom stereocenters. The Labute approximate surface area is 276 Å². The van der Waals surface area contributed by atoms with Gasteiger partial charge in [0.15, 0.2) is 6.04 Å². The third-order valence-electron chi connectivity index (χ3n) is 6.77. The van der Waals surface area contributed by atoms with E-state index in [1.807, 2.05) is 0 Å². The highest BCUT2D eigenvalue weighted by molar-refractivity contribution is 6.31. The lowest BCUT2D eigenvalue weighted by Crippen LogP contribution is -2.50. The molecule has 0 radical (unpaired) electrons. The SMILES string of the molecule is CCC(C(=O)Nc1ccc(C(=O)OC(C)[C@H](NC(=O)OC(C)(C)C)C(=O)O)cc1)n1cc(OC)c(-c2cc(Cl)ccc2C#N)cc1=O. The molecule has 0 aliphatic heterocycles. The Morgan fingerprint density at radius 2 is 1.72 bits per heavy atom. The van der Waals surface area contributed by atoms with Crippen LogP contribution >= 0.6 is 11.6 Å². The fourth-order valence-corrected chi connectivity index (χ4v) is 4.70. The van der Waals surface area contributed by atoms with Crippen molar-refractivity contribution in [1.82, 2.24) is 9.88 Å². The largest absolute Gasteiger partial charge is 0.495 e. The molecule has 0 saturated carbocycles. The molecule has 0 spiro atoms. The number of aliphatic carboxylic acids is 1. The van der Waals surface area contributed by atoms with Gasteiger partial charge >= 0.3 is 18.0 Å². The maximum absolute atomic E-state index is 13.3. The topological polar surface area (TPSA) is 186 Å². The van der Waals surface area contributed by atoms with Crippen molar-refractivity contribution in [3.8, 4) is 22.9 Å². The fourth-order valence-electron chi connectivity index (χ4n) is 4.53. The standard InChI is InChI=1S/C33H35ClN4O9/c1-7-25(38-17-26(45-6)24(15-27(38)39)23-14-21(34)11-8-20(23)16-35)29(40)36-22-12-9-19(10-13-22)31(43)46-18(2)28(30(41)42)37-32(44)47-33(3,4)5/h8-15,17-18,25,28H,7H2,1-6H3,(H,36,40)(H,37,44)(H,41,42)/t18?,25?,28-/m0/s1. The average Bonchev–Trinajstić information content (AvgIpc) is 3.00. The minimum atomic E-state index is -1.58. The summed E-state index contributed by atoms with van der Waals surface area (Å²) in [6.07, 6.45) is -0.608. The summed E-state index contributed by atoms with van der Waals surface area (Å²) in [6, 6.07) is 11.1. The Hall–Kier alpha value is -5.35. The van der Waals surface area contributed by atoms with Gasteiger partial charge in [0.25, 0.3) is 5.56 Å². The van der Waals surface area contributed by atoms with Crippen molar-refractivity contribution in [2.24, 2.45) is 0 Å². The third kappa shape index (κ3) is 9.34. The molecule has 3 rings (SSSR count). The van der Waals surface area contributed by atoms with Crippen LogP contribution in [0.3, 0.4) is 0 Å². The highest BCUT2D eigenvalue weighted by atomic mass is 35.5. The lowest BCUT2D eigenvalue weighted by atomic mass is 10.00. The van der Waals surface area contributed by atoms with Crippen molar-refractivity contribution in [1.29, 1.82) is 5.26 Å². The molecular weight excluding hydrogens is 632 g/mol. The number of carbonyl (C=O) groups is 4. The second-order valence-corrected chi connectivity index (χ2v) is 11.8. The van der Waals surface area contributed by atoms with Gasteiger partial charge in [-0.05, 0) is 76.6 Å². The van der Waals surface area contributed by atoms with Crippen molar-refractivity contribution >= 4 is 41.2 Å². The molecule has 0 bridgehead atoms. The predicted molar refractivity (Wildman–Crippen MR) is 172 cm³/mol. The van der Waals surface area contributed by atoms with Gasteiger partial charge in [-0.2, -0.15) is 5.26 Å². The summed E-state index contributed by atoms with van der Waals surface area (Å²) in [5.74, 6) is -2.57. The van der Waals surface area contributed by atoms with E-state index in [1.165, 1.54) is 61.2 Å². The van der Waals surface area contributed by atoms with Crippen molar-refractivity contribution in [3.05, 3.63) is 81.2 Å². The van der Waals surface area contributed by atoms with E-state index in [4.69, 9.17) is 25.8 Å². The Morgan fingerprint density at radius 3 is 2.28 bits per heavy atom. The molecule has 1 heterocycles. The van der Waals surface area contributed by atoms with E-state index in [1.54, 1.807) is 39.8 Å². The first-order valence-corrected chi connectivity index (χ1v) is 14.8. The lowest BCUT2D eigenvalue weighted by molar-refractivity contribution is -0.142. The number of carbonyl (C=O) groups excluding carboxylic acids is 3. The summed E-state index contributed by atoms with van der Waals surface area (Å²) < 4.78 is 17.1. The molecule has 0 aliphatic carbocycles. The molecule has 14 heteroatoms. The maximum atomic E-state index is 13.3. The number of hydrogen-bond donors (Lipinski definition) is 3. The second-order valence-electron chi connectivity index (χ2n) is 11.4. The van der Waals surface area contributed by atoms with E-state index in [0.29, 0.717) is 21.8 Å². The number of pyridine rings is 1. The number of benzene rings is 2. The molecule has 248 valence electrons. The minimum Gasteiger partial charge on any atom is -0.495 e. The zero-order chi connectivity index (χ0) is 35.1. The van der Waals surface area contributed by atoms with Crippen LogP contribution in [-0.4, -0.2) is 58.5 Å². The van der Waals surface area contributed by atoms with E-state index in [2.05, 4.69) is 16.7 Å². The zero-order valence-corrected chi connectivity index (χ0v) is 27.4. The number of nitrogens with zero attached hydrogens (tertiary/aromatic N) is 2.